The zero-order valence-corrected chi connectivity index (χ0v) is 18.1. The van der Waals surface area contributed by atoms with E-state index in [9.17, 15) is 18.0 Å². The van der Waals surface area contributed by atoms with Crippen LogP contribution in [0, 0.1) is 5.92 Å². The monoisotopic (exact) mass is 450 g/mol. The minimum absolute atomic E-state index is 0.0614. The summed E-state index contributed by atoms with van der Waals surface area (Å²) in [6.07, 6.45) is 1.20. The van der Waals surface area contributed by atoms with E-state index in [4.69, 9.17) is 0 Å². The summed E-state index contributed by atoms with van der Waals surface area (Å²) in [5.41, 5.74) is 1.56. The number of aromatic amines is 2. The first kappa shape index (κ1) is 20.7. The van der Waals surface area contributed by atoms with Crippen LogP contribution in [0.1, 0.15) is 19.2 Å². The van der Waals surface area contributed by atoms with E-state index in [1.54, 1.807) is 25.1 Å². The number of amides is 1. The zero-order chi connectivity index (χ0) is 21.5. The van der Waals surface area contributed by atoms with E-state index in [2.05, 4.69) is 25.5 Å². The molecular weight excluding hydrogens is 428 g/mol. The Balaban J connectivity index is 1.39. The molecule has 1 amide bonds. The molecule has 12 heteroatoms. The molecule has 0 unspecified atom stereocenters. The molecule has 0 spiro atoms. The van der Waals surface area contributed by atoms with Crippen LogP contribution in [0.25, 0.3) is 11.0 Å². The van der Waals surface area contributed by atoms with Crippen molar-refractivity contribution in [2.45, 2.75) is 30.2 Å². The van der Waals surface area contributed by atoms with Gasteiger partial charge in [0.25, 0.3) is 0 Å². The number of nitrogens with zero attached hydrogens (tertiary/aromatic N) is 3. The summed E-state index contributed by atoms with van der Waals surface area (Å²) in [6, 6.07) is 5.13. The van der Waals surface area contributed by atoms with Crippen molar-refractivity contribution in [2.24, 2.45) is 13.0 Å². The predicted octanol–water partition coefficient (Wildman–Crippen LogP) is 1.08. The molecule has 10 nitrogen and oxygen atoms in total. The number of hydrogen-bond acceptors (Lipinski definition) is 7. The van der Waals surface area contributed by atoms with Crippen LogP contribution in [0.15, 0.2) is 28.2 Å². The van der Waals surface area contributed by atoms with Gasteiger partial charge in [-0.25, -0.2) is 13.2 Å². The van der Waals surface area contributed by atoms with E-state index in [-0.39, 0.29) is 29.0 Å². The van der Waals surface area contributed by atoms with Crippen LogP contribution in [0.2, 0.25) is 0 Å². The minimum Gasteiger partial charge on any atom is -0.325 e. The van der Waals surface area contributed by atoms with Gasteiger partial charge < -0.3 is 19.9 Å². The highest BCUT2D eigenvalue weighted by Gasteiger charge is 2.29. The van der Waals surface area contributed by atoms with Crippen molar-refractivity contribution in [3.8, 4) is 0 Å². The van der Waals surface area contributed by atoms with Gasteiger partial charge in [-0.15, -0.1) is 10.2 Å². The highest BCUT2D eigenvalue weighted by atomic mass is 32.2. The molecule has 2 atom stereocenters. The summed E-state index contributed by atoms with van der Waals surface area (Å²) in [5.74, 6) is 0.998. The van der Waals surface area contributed by atoms with E-state index in [0.717, 1.165) is 0 Å². The largest absolute Gasteiger partial charge is 0.325 e. The molecule has 0 aliphatic carbocycles. The third kappa shape index (κ3) is 4.43. The van der Waals surface area contributed by atoms with E-state index in [1.165, 1.54) is 11.8 Å². The molecular formula is C18H22N6O4S2. The number of carbonyl (C=O) groups excluding carboxylic acids is 1. The van der Waals surface area contributed by atoms with Crippen molar-refractivity contribution in [3.63, 3.8) is 0 Å². The summed E-state index contributed by atoms with van der Waals surface area (Å²) in [4.78, 5) is 29.3. The van der Waals surface area contributed by atoms with Gasteiger partial charge in [0.15, 0.2) is 15.0 Å². The van der Waals surface area contributed by atoms with Gasteiger partial charge in [0.2, 0.25) is 5.91 Å². The lowest BCUT2D eigenvalue weighted by Gasteiger charge is -2.12. The quantitative estimate of drug-likeness (QED) is 0.477. The van der Waals surface area contributed by atoms with Crippen LogP contribution in [0.5, 0.6) is 0 Å². The smallest absolute Gasteiger partial charge is 0.323 e. The van der Waals surface area contributed by atoms with Crippen LogP contribution >= 0.6 is 11.8 Å². The number of nitrogens with one attached hydrogen (secondary N) is 3. The third-order valence-electron chi connectivity index (χ3n) is 5.16. The molecule has 1 saturated heterocycles. The average molecular weight is 451 g/mol. The maximum Gasteiger partial charge on any atom is 0.323 e. The molecule has 3 aromatic rings. The molecule has 4 rings (SSSR count). The number of hydrogen-bond donors (Lipinski definition) is 3. The van der Waals surface area contributed by atoms with E-state index in [1.807, 2.05) is 11.6 Å². The van der Waals surface area contributed by atoms with Gasteiger partial charge in [0.05, 0.1) is 27.8 Å². The zero-order valence-electron chi connectivity index (χ0n) is 16.5. The van der Waals surface area contributed by atoms with Gasteiger partial charge in [-0.2, -0.15) is 0 Å². The number of sulfone groups is 1. The van der Waals surface area contributed by atoms with Crippen LogP contribution < -0.4 is 11.0 Å². The summed E-state index contributed by atoms with van der Waals surface area (Å²) >= 11 is 1.28. The topological polar surface area (TPSA) is 143 Å². The summed E-state index contributed by atoms with van der Waals surface area (Å²) in [7, 11) is -1.11. The second kappa shape index (κ2) is 7.91. The molecule has 1 aliphatic rings. The van der Waals surface area contributed by atoms with Gasteiger partial charge in [-0.1, -0.05) is 11.8 Å². The van der Waals surface area contributed by atoms with Crippen molar-refractivity contribution >= 4 is 44.2 Å². The minimum atomic E-state index is -2.93. The van der Waals surface area contributed by atoms with E-state index in [0.29, 0.717) is 40.5 Å². The normalized spacial score (nSPS) is 19.2. The first-order chi connectivity index (χ1) is 14.2. The van der Waals surface area contributed by atoms with Crippen molar-refractivity contribution in [1.82, 2.24) is 24.7 Å². The Morgan fingerprint density at radius 1 is 1.33 bits per heavy atom. The molecule has 0 bridgehead atoms. The Morgan fingerprint density at radius 2 is 2.10 bits per heavy atom. The van der Waals surface area contributed by atoms with Gasteiger partial charge in [-0.3, -0.25) is 4.79 Å². The second-order valence-corrected chi connectivity index (χ2v) is 11.1. The average Bonchev–Trinajstić information content (AvgIpc) is 3.32. The molecule has 0 radical (unpaired) electrons. The first-order valence-electron chi connectivity index (χ1n) is 9.48. The maximum atomic E-state index is 12.6. The highest BCUT2D eigenvalue weighted by molar-refractivity contribution is 8.00. The SMILES string of the molecule is C[C@H](Sc1nnc(C[C@H]2CCS(=O)(=O)C2)n1C)C(=O)Nc1ccc2[nH]c(=O)[nH]c2c1. The standard InChI is InChI=1S/C18H22N6O4S2/c1-10(16(25)19-12-3-4-13-14(8-12)21-17(26)20-13)29-18-23-22-15(24(18)2)7-11-5-6-30(27,28)9-11/h3-4,8,10-11H,5-7,9H2,1-2H3,(H,19,25)(H2,20,21,26)/t10-,11+/m0/s1. The van der Waals surface area contributed by atoms with Crippen LogP contribution in [0.4, 0.5) is 5.69 Å². The van der Waals surface area contributed by atoms with E-state index >= 15 is 0 Å². The third-order valence-corrected chi connectivity index (χ3v) is 8.13. The Kier molecular flexibility index (Phi) is 5.45. The number of fused-ring (bicyclic) bond motifs is 1. The summed E-state index contributed by atoms with van der Waals surface area (Å²) < 4.78 is 25.1. The summed E-state index contributed by atoms with van der Waals surface area (Å²) in [6.45, 7) is 1.77. The highest BCUT2D eigenvalue weighted by Crippen LogP contribution is 2.26. The van der Waals surface area contributed by atoms with Gasteiger partial charge in [0.1, 0.15) is 5.82 Å². The number of anilines is 1. The van der Waals surface area contributed by atoms with Crippen molar-refractivity contribution in [2.75, 3.05) is 16.8 Å². The molecule has 1 aromatic carbocycles. The molecule has 1 fully saturated rings. The number of rotatable bonds is 6. The Labute approximate surface area is 176 Å². The maximum absolute atomic E-state index is 12.6. The number of carbonyl (C=O) groups is 1. The molecule has 30 heavy (non-hydrogen) atoms. The number of benzene rings is 1. The van der Waals surface area contributed by atoms with E-state index < -0.39 is 15.1 Å². The fraction of sp³-hybridized carbons (Fsp3) is 0.444. The number of thioether (sulfide) groups is 1. The van der Waals surface area contributed by atoms with Crippen molar-refractivity contribution < 1.29 is 13.2 Å². The lowest BCUT2D eigenvalue weighted by atomic mass is 10.1. The lowest BCUT2D eigenvalue weighted by molar-refractivity contribution is -0.115. The Morgan fingerprint density at radius 3 is 2.83 bits per heavy atom. The summed E-state index contributed by atoms with van der Waals surface area (Å²) in [5, 5.41) is 11.4. The van der Waals surface area contributed by atoms with Crippen molar-refractivity contribution in [1.29, 1.82) is 0 Å². The Hall–Kier alpha value is -2.60. The first-order valence-corrected chi connectivity index (χ1v) is 12.2. The van der Waals surface area contributed by atoms with Gasteiger partial charge in [0, 0.05) is 19.2 Å². The predicted molar refractivity (Wildman–Crippen MR) is 114 cm³/mol. The van der Waals surface area contributed by atoms with Crippen LogP contribution in [-0.4, -0.2) is 55.8 Å². The molecule has 0 saturated carbocycles. The molecule has 160 valence electrons. The van der Waals surface area contributed by atoms with Gasteiger partial charge >= 0.3 is 5.69 Å². The number of imidazole rings is 1. The number of H-pyrrole nitrogens is 2. The molecule has 3 heterocycles. The van der Waals surface area contributed by atoms with Gasteiger partial charge in [-0.05, 0) is 37.5 Å². The van der Waals surface area contributed by atoms with Crippen molar-refractivity contribution in [3.05, 3.63) is 34.5 Å². The molecule has 1 aliphatic heterocycles. The molecule has 3 N–H and O–H groups in total. The lowest BCUT2D eigenvalue weighted by Crippen LogP contribution is -2.22. The fourth-order valence-electron chi connectivity index (χ4n) is 3.48. The number of aromatic nitrogens is 5. The Bertz CT molecular complexity index is 1260. The molecule has 2 aromatic heterocycles. The van der Waals surface area contributed by atoms with Crippen LogP contribution in [0.3, 0.4) is 0 Å². The van der Waals surface area contributed by atoms with Crippen LogP contribution in [-0.2, 0) is 28.1 Å². The fourth-order valence-corrected chi connectivity index (χ4v) is 6.18. The second-order valence-electron chi connectivity index (χ2n) is 7.52.